The van der Waals surface area contributed by atoms with Crippen LogP contribution in [0.1, 0.15) is 5.69 Å². The Morgan fingerprint density at radius 2 is 2.12 bits per heavy atom. The van der Waals surface area contributed by atoms with Gasteiger partial charge in [-0.3, -0.25) is 4.98 Å². The van der Waals surface area contributed by atoms with E-state index in [1.54, 1.807) is 18.3 Å². The van der Waals surface area contributed by atoms with Crippen molar-refractivity contribution in [2.24, 2.45) is 0 Å². The summed E-state index contributed by atoms with van der Waals surface area (Å²) in [6.07, 6.45) is 3.09. The van der Waals surface area contributed by atoms with Gasteiger partial charge < -0.3 is 4.74 Å². The average molecular weight is 334 g/mol. The molecular formula is C11H7BrCl2N2O. The Morgan fingerprint density at radius 1 is 1.29 bits per heavy atom. The van der Waals surface area contributed by atoms with Gasteiger partial charge in [-0.05, 0) is 18.2 Å². The Balaban J connectivity index is 2.25. The van der Waals surface area contributed by atoms with Gasteiger partial charge in [-0.15, -0.1) is 11.6 Å². The highest BCUT2D eigenvalue weighted by atomic mass is 79.9. The zero-order valence-corrected chi connectivity index (χ0v) is 11.6. The Bertz CT molecular complexity index is 537. The van der Waals surface area contributed by atoms with Gasteiger partial charge in [-0.1, -0.05) is 27.5 Å². The summed E-state index contributed by atoms with van der Waals surface area (Å²) in [6, 6.07) is 5.33. The van der Waals surface area contributed by atoms with Gasteiger partial charge in [0.25, 0.3) is 0 Å². The highest BCUT2D eigenvalue weighted by molar-refractivity contribution is 9.10. The molecule has 1 heterocycles. The lowest BCUT2D eigenvalue weighted by Crippen LogP contribution is -1.93. The van der Waals surface area contributed by atoms with E-state index in [0.717, 1.165) is 4.47 Å². The van der Waals surface area contributed by atoms with Crippen molar-refractivity contribution < 1.29 is 4.74 Å². The van der Waals surface area contributed by atoms with Crippen LogP contribution >= 0.6 is 39.1 Å². The lowest BCUT2D eigenvalue weighted by atomic mass is 10.3. The summed E-state index contributed by atoms with van der Waals surface area (Å²) in [5, 5.41) is 0.498. The molecule has 88 valence electrons. The van der Waals surface area contributed by atoms with Crippen LogP contribution in [0.4, 0.5) is 0 Å². The van der Waals surface area contributed by atoms with E-state index in [2.05, 4.69) is 25.9 Å². The summed E-state index contributed by atoms with van der Waals surface area (Å²) >= 11 is 15.0. The number of aromatic nitrogens is 2. The second kappa shape index (κ2) is 5.67. The first-order valence-electron chi connectivity index (χ1n) is 4.69. The van der Waals surface area contributed by atoms with Crippen LogP contribution in [0.25, 0.3) is 0 Å². The molecule has 0 aliphatic carbocycles. The minimum atomic E-state index is 0.290. The maximum atomic E-state index is 6.02. The van der Waals surface area contributed by atoms with Crippen molar-refractivity contribution >= 4 is 39.1 Å². The van der Waals surface area contributed by atoms with Crippen molar-refractivity contribution in [2.75, 3.05) is 0 Å². The predicted octanol–water partition coefficient (Wildman–Crippen LogP) is 4.42. The largest absolute Gasteiger partial charge is 0.436 e. The van der Waals surface area contributed by atoms with Crippen molar-refractivity contribution in [3.05, 3.63) is 45.8 Å². The number of halogens is 3. The summed E-state index contributed by atoms with van der Waals surface area (Å²) in [4.78, 5) is 8.14. The first-order valence-corrected chi connectivity index (χ1v) is 6.39. The van der Waals surface area contributed by atoms with E-state index in [0.29, 0.717) is 22.3 Å². The maximum Gasteiger partial charge on any atom is 0.238 e. The predicted molar refractivity (Wildman–Crippen MR) is 70.8 cm³/mol. The molecule has 0 spiro atoms. The third-order valence-corrected chi connectivity index (χ3v) is 2.97. The van der Waals surface area contributed by atoms with Gasteiger partial charge in [-0.2, -0.15) is 0 Å². The SMILES string of the molecule is ClCc1cncc(Oc2ccc(Br)cc2Cl)n1. The number of benzene rings is 1. The zero-order valence-electron chi connectivity index (χ0n) is 8.53. The first kappa shape index (κ1) is 12.6. The molecule has 2 aromatic rings. The van der Waals surface area contributed by atoms with Crippen molar-refractivity contribution in [1.29, 1.82) is 0 Å². The van der Waals surface area contributed by atoms with Crippen molar-refractivity contribution in [3.8, 4) is 11.6 Å². The fraction of sp³-hybridized carbons (Fsp3) is 0.0909. The molecule has 0 aliphatic rings. The monoisotopic (exact) mass is 332 g/mol. The Kier molecular flexibility index (Phi) is 4.20. The van der Waals surface area contributed by atoms with Crippen LogP contribution in [0.3, 0.4) is 0 Å². The lowest BCUT2D eigenvalue weighted by Gasteiger charge is -2.07. The minimum absolute atomic E-state index is 0.290. The van der Waals surface area contributed by atoms with Gasteiger partial charge in [0.2, 0.25) is 5.88 Å². The smallest absolute Gasteiger partial charge is 0.238 e. The van der Waals surface area contributed by atoms with E-state index in [1.807, 2.05) is 6.07 Å². The van der Waals surface area contributed by atoms with Crippen LogP contribution in [0.5, 0.6) is 11.6 Å². The third-order valence-electron chi connectivity index (χ3n) is 1.91. The Hall–Kier alpha value is -0.840. The second-order valence-electron chi connectivity index (χ2n) is 3.16. The Labute approximate surface area is 117 Å². The molecule has 0 amide bonds. The average Bonchev–Trinajstić information content (AvgIpc) is 2.33. The molecule has 0 saturated heterocycles. The molecule has 0 atom stereocenters. The fourth-order valence-electron chi connectivity index (χ4n) is 1.17. The molecule has 0 saturated carbocycles. The van der Waals surface area contributed by atoms with Crippen LogP contribution in [0.2, 0.25) is 5.02 Å². The quantitative estimate of drug-likeness (QED) is 0.780. The molecule has 0 fully saturated rings. The molecule has 0 N–H and O–H groups in total. The maximum absolute atomic E-state index is 6.02. The Morgan fingerprint density at radius 3 is 2.82 bits per heavy atom. The normalized spacial score (nSPS) is 10.3. The zero-order chi connectivity index (χ0) is 12.3. The van der Waals surface area contributed by atoms with E-state index >= 15 is 0 Å². The van der Waals surface area contributed by atoms with Crippen LogP contribution in [0.15, 0.2) is 35.1 Å². The molecule has 17 heavy (non-hydrogen) atoms. The van der Waals surface area contributed by atoms with E-state index in [-0.39, 0.29) is 5.88 Å². The number of alkyl halides is 1. The van der Waals surface area contributed by atoms with Crippen LogP contribution in [-0.2, 0) is 5.88 Å². The molecule has 1 aromatic heterocycles. The molecule has 0 bridgehead atoms. The van der Waals surface area contributed by atoms with Crippen molar-refractivity contribution in [2.45, 2.75) is 5.88 Å². The van der Waals surface area contributed by atoms with Crippen LogP contribution in [-0.4, -0.2) is 9.97 Å². The van der Waals surface area contributed by atoms with Gasteiger partial charge in [0, 0.05) is 10.7 Å². The molecule has 0 unspecified atom stereocenters. The van der Waals surface area contributed by atoms with E-state index < -0.39 is 0 Å². The van der Waals surface area contributed by atoms with Gasteiger partial charge in [0.1, 0.15) is 5.75 Å². The third kappa shape index (κ3) is 3.31. The summed E-state index contributed by atoms with van der Waals surface area (Å²) in [5.41, 5.74) is 0.650. The topological polar surface area (TPSA) is 35.0 Å². The van der Waals surface area contributed by atoms with Gasteiger partial charge >= 0.3 is 0 Å². The number of ether oxygens (including phenoxy) is 1. The van der Waals surface area contributed by atoms with E-state index in [9.17, 15) is 0 Å². The molecule has 1 aromatic carbocycles. The number of rotatable bonds is 3. The first-order chi connectivity index (χ1) is 8.19. The molecule has 0 aliphatic heterocycles. The van der Waals surface area contributed by atoms with Crippen LogP contribution in [0, 0.1) is 0 Å². The fourth-order valence-corrected chi connectivity index (χ4v) is 2.01. The van der Waals surface area contributed by atoms with E-state index in [1.165, 1.54) is 6.20 Å². The molecule has 0 radical (unpaired) electrons. The molecule has 6 heteroatoms. The van der Waals surface area contributed by atoms with Crippen LogP contribution < -0.4 is 4.74 Å². The lowest BCUT2D eigenvalue weighted by molar-refractivity contribution is 0.458. The van der Waals surface area contributed by atoms with Gasteiger partial charge in [-0.25, -0.2) is 4.98 Å². The summed E-state index contributed by atoms with van der Waals surface area (Å²) in [7, 11) is 0. The highest BCUT2D eigenvalue weighted by Crippen LogP contribution is 2.30. The standard InChI is InChI=1S/C11H7BrCl2N2O/c12-7-1-2-10(9(14)3-7)17-11-6-15-5-8(4-13)16-11/h1-3,5-6H,4H2. The molecular weight excluding hydrogens is 327 g/mol. The van der Waals surface area contributed by atoms with Gasteiger partial charge in [0.05, 0.1) is 22.8 Å². The highest BCUT2D eigenvalue weighted by Gasteiger charge is 2.05. The number of nitrogens with zero attached hydrogens (tertiary/aromatic N) is 2. The number of hydrogen-bond acceptors (Lipinski definition) is 3. The summed E-state index contributed by atoms with van der Waals surface area (Å²) < 4.78 is 6.41. The summed E-state index contributed by atoms with van der Waals surface area (Å²) in [5.74, 6) is 1.18. The minimum Gasteiger partial charge on any atom is -0.436 e. The summed E-state index contributed by atoms with van der Waals surface area (Å²) in [6.45, 7) is 0. The second-order valence-corrected chi connectivity index (χ2v) is 4.75. The van der Waals surface area contributed by atoms with Crippen molar-refractivity contribution in [3.63, 3.8) is 0 Å². The number of hydrogen-bond donors (Lipinski definition) is 0. The van der Waals surface area contributed by atoms with Gasteiger partial charge in [0.15, 0.2) is 0 Å². The molecule has 2 rings (SSSR count). The molecule has 3 nitrogen and oxygen atoms in total. The van der Waals surface area contributed by atoms with Crippen molar-refractivity contribution in [1.82, 2.24) is 9.97 Å². The van der Waals surface area contributed by atoms with E-state index in [4.69, 9.17) is 27.9 Å².